The van der Waals surface area contributed by atoms with Crippen LogP contribution in [0.25, 0.3) is 0 Å². The smallest absolute Gasteiger partial charge is 0.146 e. The number of halogens is 1. The van der Waals surface area contributed by atoms with Crippen molar-refractivity contribution in [2.45, 2.75) is 69.9 Å². The van der Waals surface area contributed by atoms with E-state index in [0.717, 1.165) is 75.6 Å². The molecule has 4 nitrogen and oxygen atoms in total. The van der Waals surface area contributed by atoms with Crippen LogP contribution >= 0.6 is 0 Å². The fraction of sp³-hybridized carbons (Fsp3) is 0.696. The molecule has 3 fully saturated rings. The predicted molar refractivity (Wildman–Crippen MR) is 112 cm³/mol. The van der Waals surface area contributed by atoms with Crippen molar-refractivity contribution < 1.29 is 9.18 Å². The number of hydrogen-bond acceptors (Lipinski definition) is 4. The summed E-state index contributed by atoms with van der Waals surface area (Å²) in [6.07, 6.45) is 11.8. The summed E-state index contributed by atoms with van der Waals surface area (Å²) >= 11 is 0. The Morgan fingerprint density at radius 3 is 2.32 bits per heavy atom. The molecule has 2 saturated carbocycles. The molecule has 1 heterocycles. The Balaban J connectivity index is 1.34. The first-order valence-corrected chi connectivity index (χ1v) is 11.2. The largest absolute Gasteiger partial charge is 0.382 e. The number of piperazine rings is 1. The lowest BCUT2D eigenvalue weighted by Crippen LogP contribution is -2.51. The summed E-state index contributed by atoms with van der Waals surface area (Å²) in [4.78, 5) is 15.8. The van der Waals surface area contributed by atoms with Gasteiger partial charge in [0.2, 0.25) is 0 Å². The van der Waals surface area contributed by atoms with E-state index in [-0.39, 0.29) is 11.7 Å². The van der Waals surface area contributed by atoms with E-state index in [1.54, 1.807) is 6.07 Å². The van der Waals surface area contributed by atoms with E-state index >= 15 is 0 Å². The molecule has 1 aromatic rings. The normalized spacial score (nSPS) is 27.5. The van der Waals surface area contributed by atoms with E-state index < -0.39 is 0 Å². The highest BCUT2D eigenvalue weighted by Gasteiger charge is 2.26. The molecule has 0 aromatic heterocycles. The molecule has 1 saturated heterocycles. The van der Waals surface area contributed by atoms with Gasteiger partial charge in [0, 0.05) is 49.9 Å². The van der Waals surface area contributed by atoms with Crippen LogP contribution in [0.2, 0.25) is 0 Å². The van der Waals surface area contributed by atoms with Gasteiger partial charge in [-0.2, -0.15) is 0 Å². The van der Waals surface area contributed by atoms with Gasteiger partial charge in [0.1, 0.15) is 12.1 Å². The highest BCUT2D eigenvalue weighted by molar-refractivity contribution is 5.60. The van der Waals surface area contributed by atoms with Crippen LogP contribution in [-0.4, -0.2) is 49.4 Å². The summed E-state index contributed by atoms with van der Waals surface area (Å²) < 4.78 is 14.6. The maximum Gasteiger partial charge on any atom is 0.146 e. The highest BCUT2D eigenvalue weighted by Crippen LogP contribution is 2.30. The molecular weight excluding hydrogens is 353 g/mol. The molecule has 4 rings (SSSR count). The minimum atomic E-state index is -0.124. The topological polar surface area (TPSA) is 35.6 Å². The van der Waals surface area contributed by atoms with E-state index in [1.165, 1.54) is 32.1 Å². The Morgan fingerprint density at radius 2 is 1.64 bits per heavy atom. The summed E-state index contributed by atoms with van der Waals surface area (Å²) in [5.41, 5.74) is 1.73. The van der Waals surface area contributed by atoms with Crippen molar-refractivity contribution in [3.63, 3.8) is 0 Å². The third-order valence-corrected chi connectivity index (χ3v) is 7.03. The third kappa shape index (κ3) is 4.68. The van der Waals surface area contributed by atoms with Crippen molar-refractivity contribution in [2.75, 3.05) is 36.4 Å². The highest BCUT2D eigenvalue weighted by atomic mass is 19.1. The zero-order chi connectivity index (χ0) is 19.3. The van der Waals surface area contributed by atoms with Gasteiger partial charge in [-0.05, 0) is 56.7 Å². The van der Waals surface area contributed by atoms with Crippen LogP contribution < -0.4 is 10.2 Å². The zero-order valence-corrected chi connectivity index (χ0v) is 16.9. The first kappa shape index (κ1) is 19.7. The van der Waals surface area contributed by atoms with Gasteiger partial charge in [0.05, 0.1) is 5.69 Å². The van der Waals surface area contributed by atoms with Crippen LogP contribution in [-0.2, 0) is 4.79 Å². The van der Waals surface area contributed by atoms with Gasteiger partial charge >= 0.3 is 0 Å². The minimum absolute atomic E-state index is 0.124. The van der Waals surface area contributed by atoms with Crippen LogP contribution in [0.3, 0.4) is 0 Å². The first-order valence-electron chi connectivity index (χ1n) is 11.2. The fourth-order valence-corrected chi connectivity index (χ4v) is 5.25. The zero-order valence-electron chi connectivity index (χ0n) is 16.9. The summed E-state index contributed by atoms with van der Waals surface area (Å²) in [5, 5.41) is 3.57. The van der Waals surface area contributed by atoms with E-state index in [2.05, 4.69) is 15.1 Å². The molecule has 1 aromatic carbocycles. The Bertz CT molecular complexity index is 645. The molecule has 154 valence electrons. The van der Waals surface area contributed by atoms with Gasteiger partial charge in [-0.1, -0.05) is 19.3 Å². The average molecular weight is 388 g/mol. The van der Waals surface area contributed by atoms with Gasteiger partial charge in [0.15, 0.2) is 0 Å². The number of carbonyl (C=O) groups excluding carboxylic acids is 1. The fourth-order valence-electron chi connectivity index (χ4n) is 5.25. The van der Waals surface area contributed by atoms with Gasteiger partial charge in [-0.3, -0.25) is 4.90 Å². The Labute approximate surface area is 168 Å². The average Bonchev–Trinajstić information content (AvgIpc) is 2.76. The molecule has 5 heteroatoms. The monoisotopic (exact) mass is 387 g/mol. The van der Waals surface area contributed by atoms with Crippen molar-refractivity contribution >= 4 is 17.7 Å². The summed E-state index contributed by atoms with van der Waals surface area (Å²) in [6.45, 7) is 3.89. The Morgan fingerprint density at radius 1 is 0.929 bits per heavy atom. The van der Waals surface area contributed by atoms with Crippen LogP contribution in [0.4, 0.5) is 15.8 Å². The van der Waals surface area contributed by atoms with Crippen molar-refractivity contribution in [1.29, 1.82) is 0 Å². The minimum Gasteiger partial charge on any atom is -0.382 e. The molecular formula is C23H34FN3O. The van der Waals surface area contributed by atoms with Crippen LogP contribution in [0.1, 0.15) is 57.8 Å². The molecule has 0 unspecified atom stereocenters. The number of benzene rings is 1. The van der Waals surface area contributed by atoms with E-state index in [1.807, 2.05) is 12.1 Å². The molecule has 0 atom stereocenters. The van der Waals surface area contributed by atoms with Crippen LogP contribution in [0.5, 0.6) is 0 Å². The van der Waals surface area contributed by atoms with Crippen LogP contribution in [0, 0.1) is 11.7 Å². The number of rotatable bonds is 5. The quantitative estimate of drug-likeness (QED) is 0.757. The molecule has 0 radical (unpaired) electrons. The van der Waals surface area contributed by atoms with Gasteiger partial charge in [-0.25, -0.2) is 4.39 Å². The maximum atomic E-state index is 14.6. The van der Waals surface area contributed by atoms with Gasteiger partial charge in [0.25, 0.3) is 0 Å². The van der Waals surface area contributed by atoms with E-state index in [4.69, 9.17) is 0 Å². The third-order valence-electron chi connectivity index (χ3n) is 7.03. The Hall–Kier alpha value is -1.62. The summed E-state index contributed by atoms with van der Waals surface area (Å²) in [7, 11) is 0. The molecule has 0 spiro atoms. The molecule has 0 amide bonds. The number of aldehydes is 1. The molecule has 3 aliphatic rings. The number of carbonyl (C=O) groups is 1. The van der Waals surface area contributed by atoms with E-state index in [0.29, 0.717) is 6.04 Å². The number of nitrogens with zero attached hydrogens (tertiary/aromatic N) is 2. The molecule has 28 heavy (non-hydrogen) atoms. The van der Waals surface area contributed by atoms with Gasteiger partial charge < -0.3 is 15.0 Å². The van der Waals surface area contributed by atoms with Crippen LogP contribution in [0.15, 0.2) is 18.2 Å². The number of nitrogens with one attached hydrogen (secondary N) is 1. The van der Waals surface area contributed by atoms with Crippen molar-refractivity contribution in [1.82, 2.24) is 4.90 Å². The Kier molecular flexibility index (Phi) is 6.50. The molecule has 0 bridgehead atoms. The molecule has 2 aliphatic carbocycles. The SMILES string of the molecule is O=CC1CCC(Nc2ccc(F)c(N3CCN(C4CCCCC4)CC3)c2)CC1. The lowest BCUT2D eigenvalue weighted by molar-refractivity contribution is -0.111. The van der Waals surface area contributed by atoms with Crippen molar-refractivity contribution in [3.05, 3.63) is 24.0 Å². The predicted octanol–water partition coefficient (Wildman–Crippen LogP) is 4.45. The summed E-state index contributed by atoms with van der Waals surface area (Å²) in [6, 6.07) is 6.57. The van der Waals surface area contributed by atoms with Crippen molar-refractivity contribution in [2.24, 2.45) is 5.92 Å². The number of hydrogen-bond donors (Lipinski definition) is 1. The second-order valence-electron chi connectivity index (χ2n) is 8.87. The van der Waals surface area contributed by atoms with Gasteiger partial charge in [-0.15, -0.1) is 0 Å². The standard InChI is InChI=1S/C23H34FN3O/c24-22-11-10-20(25-19-8-6-18(17-28)7-9-19)16-23(22)27-14-12-26(13-15-27)21-4-2-1-3-5-21/h10-11,16-19,21,25H,1-9,12-15H2. The van der Waals surface area contributed by atoms with Crippen molar-refractivity contribution in [3.8, 4) is 0 Å². The second-order valence-corrected chi connectivity index (χ2v) is 8.87. The molecule has 1 aliphatic heterocycles. The second kappa shape index (κ2) is 9.25. The maximum absolute atomic E-state index is 14.6. The lowest BCUT2D eigenvalue weighted by Gasteiger charge is -2.41. The lowest BCUT2D eigenvalue weighted by atomic mass is 9.87. The first-order chi connectivity index (χ1) is 13.7. The summed E-state index contributed by atoms with van der Waals surface area (Å²) in [5.74, 6) is 0.101. The van der Waals surface area contributed by atoms with E-state index in [9.17, 15) is 9.18 Å². The number of anilines is 2. The molecule has 1 N–H and O–H groups in total.